The van der Waals surface area contributed by atoms with Crippen LogP contribution < -0.4 is 24.4 Å². The highest BCUT2D eigenvalue weighted by atomic mass is 32.2. The van der Waals surface area contributed by atoms with Crippen LogP contribution in [0.4, 0.5) is 11.4 Å². The third-order valence-corrected chi connectivity index (χ3v) is 6.28. The zero-order chi connectivity index (χ0) is 24.0. The molecule has 176 valence electrons. The predicted octanol–water partition coefficient (Wildman–Crippen LogP) is 3.78. The highest BCUT2D eigenvalue weighted by Crippen LogP contribution is 2.34. The first kappa shape index (κ1) is 24.4. The van der Waals surface area contributed by atoms with Crippen LogP contribution in [0.25, 0.3) is 0 Å². The van der Waals surface area contributed by atoms with Gasteiger partial charge in [0.25, 0.3) is 5.91 Å². The van der Waals surface area contributed by atoms with E-state index in [1.807, 2.05) is 6.92 Å². The van der Waals surface area contributed by atoms with E-state index in [2.05, 4.69) is 5.32 Å². The topological polar surface area (TPSA) is 94.2 Å². The van der Waals surface area contributed by atoms with Crippen LogP contribution in [0.2, 0.25) is 0 Å². The van der Waals surface area contributed by atoms with Gasteiger partial charge in [0.2, 0.25) is 5.91 Å². The average Bonchev–Trinajstić information content (AvgIpc) is 2.83. The lowest BCUT2D eigenvalue weighted by Crippen LogP contribution is -2.39. The van der Waals surface area contributed by atoms with E-state index in [1.165, 1.54) is 18.9 Å². The van der Waals surface area contributed by atoms with E-state index in [0.717, 1.165) is 6.42 Å². The van der Waals surface area contributed by atoms with Gasteiger partial charge in [-0.2, -0.15) is 0 Å². The van der Waals surface area contributed by atoms with Crippen molar-refractivity contribution in [1.29, 1.82) is 0 Å². The van der Waals surface area contributed by atoms with E-state index in [4.69, 9.17) is 14.2 Å². The molecule has 33 heavy (non-hydrogen) atoms. The highest BCUT2D eigenvalue weighted by molar-refractivity contribution is 8.01. The Morgan fingerprint density at radius 3 is 2.61 bits per heavy atom. The van der Waals surface area contributed by atoms with E-state index in [1.54, 1.807) is 55.3 Å². The quantitative estimate of drug-likeness (QED) is 0.526. The van der Waals surface area contributed by atoms with Crippen molar-refractivity contribution in [1.82, 2.24) is 0 Å². The molecule has 1 N–H and O–H groups in total. The van der Waals surface area contributed by atoms with Crippen molar-refractivity contribution < 1.29 is 28.6 Å². The molecule has 2 amide bonds. The van der Waals surface area contributed by atoms with Crippen molar-refractivity contribution in [2.75, 3.05) is 43.3 Å². The standard InChI is InChI=1S/C24H28N2O6S/c1-5-10-26-18-11-16(6-8-19(18)32-13-23(26)28)24(29)15(2)33-14-22(27)25-17-7-9-20(30-3)21(12-17)31-4/h6-9,11-12,15H,5,10,13-14H2,1-4H3,(H,25,27). The van der Waals surface area contributed by atoms with E-state index < -0.39 is 5.25 Å². The third-order valence-electron chi connectivity index (χ3n) is 5.13. The summed E-state index contributed by atoms with van der Waals surface area (Å²) in [5.41, 5.74) is 1.67. The number of anilines is 2. The molecule has 8 nitrogen and oxygen atoms in total. The maximum Gasteiger partial charge on any atom is 0.265 e. The Kier molecular flexibility index (Phi) is 8.21. The Labute approximate surface area is 197 Å². The fourth-order valence-electron chi connectivity index (χ4n) is 3.45. The summed E-state index contributed by atoms with van der Waals surface area (Å²) in [6.45, 7) is 4.32. The van der Waals surface area contributed by atoms with Gasteiger partial charge in [0.1, 0.15) is 5.75 Å². The molecule has 0 spiro atoms. The fourth-order valence-corrected chi connectivity index (χ4v) is 4.21. The SMILES string of the molecule is CCCN1C(=O)COc2ccc(C(=O)C(C)SCC(=O)Nc3ccc(OC)c(OC)c3)cc21. The summed E-state index contributed by atoms with van der Waals surface area (Å²) < 4.78 is 15.9. The van der Waals surface area contributed by atoms with Gasteiger partial charge in [0, 0.05) is 23.9 Å². The molecule has 0 fully saturated rings. The predicted molar refractivity (Wildman–Crippen MR) is 129 cm³/mol. The minimum Gasteiger partial charge on any atom is -0.493 e. The molecule has 1 aliphatic rings. The molecule has 1 aliphatic heterocycles. The number of hydrogen-bond donors (Lipinski definition) is 1. The molecule has 2 aromatic carbocycles. The first-order chi connectivity index (χ1) is 15.9. The number of benzene rings is 2. The van der Waals surface area contributed by atoms with Crippen LogP contribution in [0.5, 0.6) is 17.2 Å². The largest absolute Gasteiger partial charge is 0.493 e. The normalized spacial score (nSPS) is 13.6. The van der Waals surface area contributed by atoms with Gasteiger partial charge in [-0.1, -0.05) is 6.92 Å². The lowest BCUT2D eigenvalue weighted by Gasteiger charge is -2.29. The number of rotatable bonds is 10. The molecule has 3 rings (SSSR count). The Hall–Kier alpha value is -3.20. The van der Waals surface area contributed by atoms with E-state index in [0.29, 0.717) is 40.7 Å². The van der Waals surface area contributed by atoms with Gasteiger partial charge in [-0.15, -0.1) is 11.8 Å². The number of Topliss-reactive ketones (excluding diaryl/α,β-unsaturated/α-hetero) is 1. The number of ketones is 1. The molecule has 9 heteroatoms. The lowest BCUT2D eigenvalue weighted by molar-refractivity contribution is -0.121. The molecule has 0 saturated carbocycles. The summed E-state index contributed by atoms with van der Waals surface area (Å²) >= 11 is 1.24. The van der Waals surface area contributed by atoms with Crippen molar-refractivity contribution in [3.8, 4) is 17.2 Å². The average molecular weight is 473 g/mol. The monoisotopic (exact) mass is 472 g/mol. The van der Waals surface area contributed by atoms with Gasteiger partial charge < -0.3 is 24.4 Å². The first-order valence-corrected chi connectivity index (χ1v) is 11.7. The zero-order valence-corrected chi connectivity index (χ0v) is 20.0. The number of hydrogen-bond acceptors (Lipinski definition) is 7. The zero-order valence-electron chi connectivity index (χ0n) is 19.2. The highest BCUT2D eigenvalue weighted by Gasteiger charge is 2.27. The number of carbonyl (C=O) groups is 3. The van der Waals surface area contributed by atoms with Crippen molar-refractivity contribution in [3.63, 3.8) is 0 Å². The van der Waals surface area contributed by atoms with Gasteiger partial charge in [0.05, 0.1) is 30.9 Å². The van der Waals surface area contributed by atoms with E-state index in [-0.39, 0.29) is 30.0 Å². The number of ether oxygens (including phenoxy) is 3. The Morgan fingerprint density at radius 1 is 1.15 bits per heavy atom. The summed E-state index contributed by atoms with van der Waals surface area (Å²) in [4.78, 5) is 39.2. The van der Waals surface area contributed by atoms with Crippen molar-refractivity contribution in [2.24, 2.45) is 0 Å². The minimum atomic E-state index is -0.445. The molecule has 2 aromatic rings. The molecule has 1 unspecified atom stereocenters. The van der Waals surface area contributed by atoms with Gasteiger partial charge in [-0.3, -0.25) is 14.4 Å². The molecular weight excluding hydrogens is 444 g/mol. The second kappa shape index (κ2) is 11.1. The summed E-state index contributed by atoms with van der Waals surface area (Å²) in [7, 11) is 3.07. The van der Waals surface area contributed by atoms with Gasteiger partial charge in [-0.25, -0.2) is 0 Å². The van der Waals surface area contributed by atoms with Crippen LogP contribution in [0, 0.1) is 0 Å². The van der Waals surface area contributed by atoms with Crippen LogP contribution >= 0.6 is 11.8 Å². The lowest BCUT2D eigenvalue weighted by atomic mass is 10.1. The molecule has 0 saturated heterocycles. The minimum absolute atomic E-state index is 0.00172. The Balaban J connectivity index is 1.62. The number of carbonyl (C=O) groups excluding carboxylic acids is 3. The number of amides is 2. The first-order valence-electron chi connectivity index (χ1n) is 10.6. The molecule has 0 bridgehead atoms. The van der Waals surface area contributed by atoms with Gasteiger partial charge in [0.15, 0.2) is 23.9 Å². The van der Waals surface area contributed by atoms with Crippen molar-refractivity contribution in [2.45, 2.75) is 25.5 Å². The van der Waals surface area contributed by atoms with E-state index >= 15 is 0 Å². The number of methoxy groups -OCH3 is 2. The molecular formula is C24H28N2O6S. The Bertz CT molecular complexity index is 1040. The summed E-state index contributed by atoms with van der Waals surface area (Å²) in [6.07, 6.45) is 0.796. The Morgan fingerprint density at radius 2 is 1.91 bits per heavy atom. The van der Waals surface area contributed by atoms with Gasteiger partial charge >= 0.3 is 0 Å². The molecule has 0 aliphatic carbocycles. The summed E-state index contributed by atoms with van der Waals surface area (Å²) in [5.74, 6) is 1.31. The number of nitrogens with zero attached hydrogens (tertiary/aromatic N) is 1. The van der Waals surface area contributed by atoms with Crippen LogP contribution in [-0.2, 0) is 9.59 Å². The van der Waals surface area contributed by atoms with E-state index in [9.17, 15) is 14.4 Å². The molecule has 1 heterocycles. The van der Waals surface area contributed by atoms with Crippen molar-refractivity contribution >= 4 is 40.7 Å². The summed E-state index contributed by atoms with van der Waals surface area (Å²) in [5, 5.41) is 2.35. The molecule has 1 atom stereocenters. The maximum atomic E-state index is 13.0. The maximum absolute atomic E-state index is 13.0. The number of fused-ring (bicyclic) bond motifs is 1. The number of nitrogens with one attached hydrogen (secondary N) is 1. The third kappa shape index (κ3) is 5.78. The fraction of sp³-hybridized carbons (Fsp3) is 0.375. The smallest absolute Gasteiger partial charge is 0.265 e. The van der Waals surface area contributed by atoms with Crippen LogP contribution in [0.1, 0.15) is 30.6 Å². The molecule has 0 radical (unpaired) electrons. The molecule has 0 aromatic heterocycles. The number of thioether (sulfide) groups is 1. The second-order valence-electron chi connectivity index (χ2n) is 7.45. The second-order valence-corrected chi connectivity index (χ2v) is 8.78. The summed E-state index contributed by atoms with van der Waals surface area (Å²) in [6, 6.07) is 10.2. The van der Waals surface area contributed by atoms with Crippen LogP contribution in [0.3, 0.4) is 0 Å². The van der Waals surface area contributed by atoms with Gasteiger partial charge in [-0.05, 0) is 43.7 Å². The van der Waals surface area contributed by atoms with Crippen molar-refractivity contribution in [3.05, 3.63) is 42.0 Å². The van der Waals surface area contributed by atoms with Crippen LogP contribution in [-0.4, -0.2) is 56.0 Å². The van der Waals surface area contributed by atoms with Crippen LogP contribution in [0.15, 0.2) is 36.4 Å².